The molecule has 0 saturated heterocycles. The number of hydrogen-bond donors (Lipinski definition) is 0. The van der Waals surface area contributed by atoms with Gasteiger partial charge in [-0.15, -0.1) is 0 Å². The Bertz CT molecular complexity index is 1580. The SMILES string of the molecule is Cc1ccc2c(c1)c1ccc(C)c(C)c1n2-c1ccc2c([n+]1C)-c1ccccc1C2(C)C. The molecular formula is C30H29N2+. The lowest BCUT2D eigenvalue weighted by atomic mass is 9.83. The summed E-state index contributed by atoms with van der Waals surface area (Å²) in [5, 5.41) is 2.65. The maximum atomic E-state index is 2.47. The second kappa shape index (κ2) is 6.32. The lowest BCUT2D eigenvalue weighted by Crippen LogP contribution is -2.37. The minimum atomic E-state index is 0.00660. The summed E-state index contributed by atoms with van der Waals surface area (Å²) in [6.07, 6.45) is 0. The van der Waals surface area contributed by atoms with E-state index in [1.165, 1.54) is 66.7 Å². The monoisotopic (exact) mass is 417 g/mol. The van der Waals surface area contributed by atoms with Gasteiger partial charge in [-0.3, -0.25) is 0 Å². The van der Waals surface area contributed by atoms with Crippen molar-refractivity contribution in [1.29, 1.82) is 0 Å². The lowest BCUT2D eigenvalue weighted by molar-refractivity contribution is -0.654. The van der Waals surface area contributed by atoms with E-state index < -0.39 is 0 Å². The fourth-order valence-electron chi connectivity index (χ4n) is 5.80. The van der Waals surface area contributed by atoms with Crippen LogP contribution in [0.2, 0.25) is 0 Å². The van der Waals surface area contributed by atoms with Gasteiger partial charge >= 0.3 is 0 Å². The molecule has 0 unspecified atom stereocenters. The number of pyridine rings is 1. The fourth-order valence-corrected chi connectivity index (χ4v) is 5.80. The van der Waals surface area contributed by atoms with Crippen LogP contribution < -0.4 is 4.57 Å². The summed E-state index contributed by atoms with van der Waals surface area (Å²) in [4.78, 5) is 0. The number of hydrogen-bond acceptors (Lipinski definition) is 0. The van der Waals surface area contributed by atoms with E-state index in [0.717, 1.165) is 0 Å². The summed E-state index contributed by atoms with van der Waals surface area (Å²) in [6, 6.07) is 24.9. The molecule has 32 heavy (non-hydrogen) atoms. The second-order valence-corrected chi connectivity index (χ2v) is 9.94. The normalized spacial score (nSPS) is 14.2. The van der Waals surface area contributed by atoms with Crippen molar-refractivity contribution in [2.75, 3.05) is 0 Å². The second-order valence-electron chi connectivity index (χ2n) is 9.94. The van der Waals surface area contributed by atoms with Crippen LogP contribution in [0.25, 0.3) is 38.9 Å². The van der Waals surface area contributed by atoms with Crippen LogP contribution in [0.1, 0.15) is 41.7 Å². The first kappa shape index (κ1) is 19.3. The third-order valence-corrected chi connectivity index (χ3v) is 7.70. The van der Waals surface area contributed by atoms with Crippen LogP contribution in [0.4, 0.5) is 0 Å². The molecule has 6 rings (SSSR count). The number of aromatic nitrogens is 2. The fraction of sp³-hybridized carbons (Fsp3) is 0.233. The maximum Gasteiger partial charge on any atom is 0.287 e. The molecule has 158 valence electrons. The van der Waals surface area contributed by atoms with E-state index in [1.54, 1.807) is 0 Å². The lowest BCUT2D eigenvalue weighted by Gasteiger charge is -2.20. The van der Waals surface area contributed by atoms with Crippen molar-refractivity contribution >= 4 is 21.8 Å². The quantitative estimate of drug-likeness (QED) is 0.264. The highest BCUT2D eigenvalue weighted by molar-refractivity contribution is 6.10. The number of fused-ring (bicyclic) bond motifs is 6. The maximum absolute atomic E-state index is 2.47. The highest BCUT2D eigenvalue weighted by Gasteiger charge is 2.40. The van der Waals surface area contributed by atoms with Gasteiger partial charge in [-0.25, -0.2) is 4.57 Å². The van der Waals surface area contributed by atoms with Gasteiger partial charge in [0.1, 0.15) is 16.7 Å². The first-order valence-electron chi connectivity index (χ1n) is 11.5. The predicted octanol–water partition coefficient (Wildman–Crippen LogP) is 6.84. The molecule has 1 aliphatic carbocycles. The molecular weight excluding hydrogens is 388 g/mol. The van der Waals surface area contributed by atoms with Crippen molar-refractivity contribution in [2.45, 2.75) is 40.0 Å². The predicted molar refractivity (Wildman–Crippen MR) is 134 cm³/mol. The zero-order chi connectivity index (χ0) is 22.4. The zero-order valence-electron chi connectivity index (χ0n) is 19.7. The molecule has 0 radical (unpaired) electrons. The summed E-state index contributed by atoms with van der Waals surface area (Å²) in [5.41, 5.74) is 12.0. The van der Waals surface area contributed by atoms with Crippen LogP contribution in [0.15, 0.2) is 66.7 Å². The van der Waals surface area contributed by atoms with Gasteiger partial charge in [-0.1, -0.05) is 55.8 Å². The molecule has 0 fully saturated rings. The van der Waals surface area contributed by atoms with Crippen molar-refractivity contribution in [3.8, 4) is 17.1 Å². The first-order valence-corrected chi connectivity index (χ1v) is 11.5. The Morgan fingerprint density at radius 3 is 2.38 bits per heavy atom. The van der Waals surface area contributed by atoms with Crippen molar-refractivity contribution in [3.05, 3.63) is 94.5 Å². The average molecular weight is 418 g/mol. The summed E-state index contributed by atoms with van der Waals surface area (Å²) in [5.74, 6) is 1.20. The van der Waals surface area contributed by atoms with E-state index in [1.807, 2.05) is 0 Å². The topological polar surface area (TPSA) is 8.81 Å². The highest BCUT2D eigenvalue weighted by atomic mass is 15.1. The molecule has 0 bridgehead atoms. The van der Waals surface area contributed by atoms with Crippen LogP contribution >= 0.6 is 0 Å². The van der Waals surface area contributed by atoms with E-state index in [9.17, 15) is 0 Å². The number of aryl methyl sites for hydroxylation is 3. The summed E-state index contributed by atoms with van der Waals surface area (Å²) in [6.45, 7) is 11.3. The molecule has 3 aromatic carbocycles. The molecule has 0 saturated carbocycles. The van der Waals surface area contributed by atoms with Gasteiger partial charge in [0.15, 0.2) is 0 Å². The minimum Gasteiger partial charge on any atom is -0.229 e. The molecule has 2 heterocycles. The first-order chi connectivity index (χ1) is 15.3. The van der Waals surface area contributed by atoms with Crippen LogP contribution in [0.3, 0.4) is 0 Å². The van der Waals surface area contributed by atoms with Gasteiger partial charge in [0.2, 0.25) is 0 Å². The molecule has 0 amide bonds. The minimum absolute atomic E-state index is 0.00660. The van der Waals surface area contributed by atoms with Crippen LogP contribution in [0.5, 0.6) is 0 Å². The summed E-state index contributed by atoms with van der Waals surface area (Å²) >= 11 is 0. The average Bonchev–Trinajstić information content (AvgIpc) is 3.21. The van der Waals surface area contributed by atoms with Crippen molar-refractivity contribution in [1.82, 2.24) is 4.57 Å². The third kappa shape index (κ3) is 2.33. The highest BCUT2D eigenvalue weighted by Crippen LogP contribution is 2.47. The Labute approximate surface area is 189 Å². The van der Waals surface area contributed by atoms with E-state index >= 15 is 0 Å². The molecule has 0 spiro atoms. The van der Waals surface area contributed by atoms with Crippen LogP contribution in [-0.2, 0) is 12.5 Å². The van der Waals surface area contributed by atoms with Gasteiger partial charge in [0.05, 0.1) is 7.05 Å². The Kier molecular flexibility index (Phi) is 3.81. The molecule has 0 aliphatic heterocycles. The van der Waals surface area contributed by atoms with Crippen molar-refractivity contribution < 1.29 is 4.57 Å². The van der Waals surface area contributed by atoms with Crippen molar-refractivity contribution in [3.63, 3.8) is 0 Å². The van der Waals surface area contributed by atoms with E-state index in [2.05, 4.69) is 118 Å². The van der Waals surface area contributed by atoms with Crippen LogP contribution in [0, 0.1) is 20.8 Å². The Balaban J connectivity index is 1.77. The largest absolute Gasteiger partial charge is 0.287 e. The smallest absolute Gasteiger partial charge is 0.229 e. The van der Waals surface area contributed by atoms with E-state index in [0.29, 0.717) is 0 Å². The third-order valence-electron chi connectivity index (χ3n) is 7.70. The van der Waals surface area contributed by atoms with Gasteiger partial charge in [-0.05, 0) is 61.7 Å². The van der Waals surface area contributed by atoms with E-state index in [-0.39, 0.29) is 5.41 Å². The molecule has 2 heteroatoms. The standard InChI is InChI=1S/C30H29N2/c1-18-11-15-26-23(17-18)21-13-12-19(2)20(3)28(21)32(26)27-16-14-25-29(31(27)6)22-9-7-8-10-24(22)30(25,4)5/h7-17H,1-6H3/q+1. The Morgan fingerprint density at radius 2 is 1.56 bits per heavy atom. The van der Waals surface area contributed by atoms with Gasteiger partial charge < -0.3 is 0 Å². The van der Waals surface area contributed by atoms with Gasteiger partial charge in [0, 0.05) is 33.4 Å². The van der Waals surface area contributed by atoms with Gasteiger partial charge in [0.25, 0.3) is 5.82 Å². The number of nitrogens with zero attached hydrogens (tertiary/aromatic N) is 2. The number of benzene rings is 3. The molecule has 1 aliphatic rings. The molecule has 0 N–H and O–H groups in total. The summed E-state index contributed by atoms with van der Waals surface area (Å²) in [7, 11) is 2.23. The molecule has 5 aromatic rings. The molecule has 2 nitrogen and oxygen atoms in total. The van der Waals surface area contributed by atoms with E-state index in [4.69, 9.17) is 0 Å². The Morgan fingerprint density at radius 1 is 0.781 bits per heavy atom. The summed E-state index contributed by atoms with van der Waals surface area (Å²) < 4.78 is 4.88. The van der Waals surface area contributed by atoms with Crippen LogP contribution in [-0.4, -0.2) is 4.57 Å². The molecule has 2 aromatic heterocycles. The Hall–Kier alpha value is -3.39. The van der Waals surface area contributed by atoms with Gasteiger partial charge in [-0.2, -0.15) is 4.57 Å². The number of rotatable bonds is 1. The zero-order valence-corrected chi connectivity index (χ0v) is 19.7. The molecule has 0 atom stereocenters. The van der Waals surface area contributed by atoms with Crippen molar-refractivity contribution in [2.24, 2.45) is 7.05 Å².